The average molecular weight is 507 g/mol. The number of allylic oxidation sites excluding steroid dienone is 1. The summed E-state index contributed by atoms with van der Waals surface area (Å²) >= 11 is 1.13. The summed E-state index contributed by atoms with van der Waals surface area (Å²) in [5, 5.41) is 14.8. The Labute approximate surface area is 203 Å². The zero-order valence-corrected chi connectivity index (χ0v) is 18.7. The van der Waals surface area contributed by atoms with Crippen molar-refractivity contribution in [3.63, 3.8) is 0 Å². The maximum Gasteiger partial charge on any atom is 0.417 e. The van der Waals surface area contributed by atoms with Crippen molar-refractivity contribution in [2.45, 2.75) is 6.18 Å². The number of alkyl halides is 3. The van der Waals surface area contributed by atoms with Gasteiger partial charge in [-0.25, -0.2) is 14.6 Å². The summed E-state index contributed by atoms with van der Waals surface area (Å²) in [7, 11) is 0. The zero-order chi connectivity index (χ0) is 25.4. The van der Waals surface area contributed by atoms with E-state index in [0.717, 1.165) is 16.7 Å². The molecule has 5 rings (SSSR count). The lowest BCUT2D eigenvalue weighted by Crippen LogP contribution is -2.11. The molecule has 7 nitrogen and oxygen atoms in total. The number of hydrogen-bond donors (Lipinski definition) is 1. The number of para-hydroxylation sites is 1. The normalized spacial score (nSPS) is 12.1. The van der Waals surface area contributed by atoms with Crippen molar-refractivity contribution in [1.82, 2.24) is 4.98 Å². The number of rotatable bonds is 4. The SMILES string of the molecule is N#CC(=CNc1ccc2c(C(F)(F)F)cc(=O)oc2c1)c1nc(-c2cc3ccccc3oc2=O)cs1. The van der Waals surface area contributed by atoms with Gasteiger partial charge < -0.3 is 14.2 Å². The van der Waals surface area contributed by atoms with Gasteiger partial charge in [0.15, 0.2) is 0 Å². The molecule has 0 amide bonds. The number of halogens is 3. The van der Waals surface area contributed by atoms with Crippen LogP contribution in [0.4, 0.5) is 18.9 Å². The number of anilines is 1. The van der Waals surface area contributed by atoms with Crippen LogP contribution in [0.3, 0.4) is 0 Å². The highest BCUT2D eigenvalue weighted by Gasteiger charge is 2.33. The fraction of sp³-hybridized carbons (Fsp3) is 0.0400. The molecule has 0 spiro atoms. The van der Waals surface area contributed by atoms with Crippen LogP contribution in [0.1, 0.15) is 10.6 Å². The quantitative estimate of drug-likeness (QED) is 0.234. The van der Waals surface area contributed by atoms with E-state index >= 15 is 0 Å². The minimum Gasteiger partial charge on any atom is -0.423 e. The van der Waals surface area contributed by atoms with Crippen LogP contribution in [0.25, 0.3) is 38.8 Å². The van der Waals surface area contributed by atoms with Crippen molar-refractivity contribution in [1.29, 1.82) is 5.26 Å². The lowest BCUT2D eigenvalue weighted by molar-refractivity contribution is -0.136. The van der Waals surface area contributed by atoms with Gasteiger partial charge >= 0.3 is 17.4 Å². The summed E-state index contributed by atoms with van der Waals surface area (Å²) in [4.78, 5) is 28.4. The van der Waals surface area contributed by atoms with E-state index in [1.54, 1.807) is 29.6 Å². The average Bonchev–Trinajstić information content (AvgIpc) is 3.32. The molecule has 0 fully saturated rings. The predicted molar refractivity (Wildman–Crippen MR) is 128 cm³/mol. The first-order valence-corrected chi connectivity index (χ1v) is 11.1. The van der Waals surface area contributed by atoms with Crippen LogP contribution in [-0.4, -0.2) is 4.98 Å². The Hall–Kier alpha value is -4.69. The van der Waals surface area contributed by atoms with Crippen LogP contribution in [-0.2, 0) is 6.18 Å². The maximum atomic E-state index is 13.2. The van der Waals surface area contributed by atoms with Crippen LogP contribution >= 0.6 is 11.3 Å². The predicted octanol–water partition coefficient (Wildman–Crippen LogP) is 6.02. The Kier molecular flexibility index (Phi) is 5.66. The number of fused-ring (bicyclic) bond motifs is 2. The van der Waals surface area contributed by atoms with Gasteiger partial charge in [0, 0.05) is 40.2 Å². The van der Waals surface area contributed by atoms with Gasteiger partial charge in [0.2, 0.25) is 0 Å². The number of nitrogens with zero attached hydrogens (tertiary/aromatic N) is 2. The number of benzene rings is 2. The second kappa shape index (κ2) is 8.83. The molecule has 3 heterocycles. The van der Waals surface area contributed by atoms with E-state index in [1.165, 1.54) is 24.4 Å². The fourth-order valence-corrected chi connectivity index (χ4v) is 4.33. The molecule has 178 valence electrons. The minimum absolute atomic E-state index is 0.113. The maximum absolute atomic E-state index is 13.2. The Bertz CT molecular complexity index is 1830. The first-order valence-electron chi connectivity index (χ1n) is 10.2. The molecule has 0 radical (unpaired) electrons. The van der Waals surface area contributed by atoms with E-state index in [4.69, 9.17) is 8.83 Å². The van der Waals surface area contributed by atoms with Crippen molar-refractivity contribution in [2.24, 2.45) is 0 Å². The Morgan fingerprint density at radius 3 is 2.64 bits per heavy atom. The van der Waals surface area contributed by atoms with Gasteiger partial charge in [0.05, 0.1) is 16.8 Å². The van der Waals surface area contributed by atoms with Crippen LogP contribution in [0.2, 0.25) is 0 Å². The van der Waals surface area contributed by atoms with E-state index in [0.29, 0.717) is 22.4 Å². The summed E-state index contributed by atoms with van der Waals surface area (Å²) in [5.74, 6) is 0. The first kappa shape index (κ1) is 23.1. The topological polar surface area (TPSA) is 109 Å². The van der Waals surface area contributed by atoms with Gasteiger partial charge in [-0.3, -0.25) is 0 Å². The Balaban J connectivity index is 1.45. The third kappa shape index (κ3) is 4.37. The number of hydrogen-bond acceptors (Lipinski definition) is 8. The van der Waals surface area contributed by atoms with Crippen LogP contribution in [0.5, 0.6) is 0 Å². The summed E-state index contributed by atoms with van der Waals surface area (Å²) < 4.78 is 50.0. The molecule has 0 aliphatic rings. The lowest BCUT2D eigenvalue weighted by Gasteiger charge is -2.10. The monoisotopic (exact) mass is 507 g/mol. The van der Waals surface area contributed by atoms with E-state index in [-0.39, 0.29) is 27.8 Å². The molecule has 0 aliphatic carbocycles. The zero-order valence-electron chi connectivity index (χ0n) is 17.9. The van der Waals surface area contributed by atoms with Crippen molar-refractivity contribution in [2.75, 3.05) is 5.32 Å². The van der Waals surface area contributed by atoms with Gasteiger partial charge in [0.1, 0.15) is 27.8 Å². The smallest absolute Gasteiger partial charge is 0.417 e. The van der Waals surface area contributed by atoms with Crippen LogP contribution in [0.15, 0.2) is 84.6 Å². The molecule has 36 heavy (non-hydrogen) atoms. The third-order valence-electron chi connectivity index (χ3n) is 5.21. The molecule has 1 N–H and O–H groups in total. The van der Waals surface area contributed by atoms with Crippen molar-refractivity contribution in [3.8, 4) is 17.3 Å². The molecule has 0 atom stereocenters. The first-order chi connectivity index (χ1) is 17.2. The van der Waals surface area contributed by atoms with Gasteiger partial charge in [-0.15, -0.1) is 11.3 Å². The molecule has 0 saturated heterocycles. The number of thiazole rings is 1. The third-order valence-corrected chi connectivity index (χ3v) is 6.08. The van der Waals surface area contributed by atoms with Crippen LogP contribution < -0.4 is 16.6 Å². The molecule has 11 heteroatoms. The molecule has 0 aliphatic heterocycles. The molecule has 3 aromatic heterocycles. The second-order valence-electron chi connectivity index (χ2n) is 7.53. The minimum atomic E-state index is -4.72. The highest BCUT2D eigenvalue weighted by Crippen LogP contribution is 2.34. The Morgan fingerprint density at radius 1 is 1.06 bits per heavy atom. The molecule has 2 aromatic carbocycles. The second-order valence-corrected chi connectivity index (χ2v) is 8.38. The summed E-state index contributed by atoms with van der Waals surface area (Å²) in [6.45, 7) is 0. The highest BCUT2D eigenvalue weighted by molar-refractivity contribution is 7.11. The van der Waals surface area contributed by atoms with E-state index < -0.39 is 23.0 Å². The van der Waals surface area contributed by atoms with Gasteiger partial charge in [-0.1, -0.05) is 18.2 Å². The summed E-state index contributed by atoms with van der Waals surface area (Å²) in [5.41, 5.74) is -1.64. The fourth-order valence-electron chi connectivity index (χ4n) is 3.55. The van der Waals surface area contributed by atoms with Gasteiger partial charge in [0.25, 0.3) is 0 Å². The van der Waals surface area contributed by atoms with Crippen molar-refractivity contribution in [3.05, 3.63) is 97.6 Å². The number of aromatic nitrogens is 1. The molecular formula is C25H12F3N3O4S. The van der Waals surface area contributed by atoms with Gasteiger partial charge in [-0.05, 0) is 24.3 Å². The highest BCUT2D eigenvalue weighted by atomic mass is 32.1. The number of nitrogens with one attached hydrogen (secondary N) is 1. The van der Waals surface area contributed by atoms with E-state index in [2.05, 4.69) is 10.3 Å². The molecule has 0 unspecified atom stereocenters. The molecule has 0 saturated carbocycles. The number of nitriles is 1. The largest absolute Gasteiger partial charge is 0.423 e. The summed E-state index contributed by atoms with van der Waals surface area (Å²) in [6.07, 6.45) is -3.40. The summed E-state index contributed by atoms with van der Waals surface area (Å²) in [6, 6.07) is 14.8. The molecular weight excluding hydrogens is 495 g/mol. The standard InChI is InChI=1S/C25H12F3N3O4S/c26-25(27,28)18-9-22(32)34-21-8-15(5-6-16(18)21)30-11-14(10-29)23-31-19(12-36-23)17-7-13-3-1-2-4-20(13)35-24(17)33/h1-9,11-12,30H. The van der Waals surface area contributed by atoms with Crippen LogP contribution in [0, 0.1) is 11.3 Å². The molecule has 0 bridgehead atoms. The lowest BCUT2D eigenvalue weighted by atomic mass is 10.1. The van der Waals surface area contributed by atoms with Crippen molar-refractivity contribution >= 4 is 44.5 Å². The van der Waals surface area contributed by atoms with Gasteiger partial charge in [-0.2, -0.15) is 18.4 Å². The van der Waals surface area contributed by atoms with Crippen molar-refractivity contribution < 1.29 is 22.0 Å². The van der Waals surface area contributed by atoms with E-state index in [9.17, 15) is 28.0 Å². The Morgan fingerprint density at radius 2 is 1.86 bits per heavy atom. The van der Waals surface area contributed by atoms with E-state index in [1.807, 2.05) is 12.1 Å². The molecule has 5 aromatic rings.